The van der Waals surface area contributed by atoms with Crippen molar-refractivity contribution >= 4 is 22.5 Å². The fourth-order valence-corrected chi connectivity index (χ4v) is 2.58. The fourth-order valence-electron chi connectivity index (χ4n) is 2.58. The number of anilines is 1. The Morgan fingerprint density at radius 2 is 2.10 bits per heavy atom. The number of hydrogen-bond acceptors (Lipinski definition) is 3. The molecule has 21 heavy (non-hydrogen) atoms. The van der Waals surface area contributed by atoms with Crippen molar-refractivity contribution in [1.82, 2.24) is 4.90 Å². The molecular formula is C16H19N3O2. The third kappa shape index (κ3) is 2.99. The number of carbonyl (C=O) groups excluding carboxylic acids is 1. The minimum absolute atomic E-state index is 0.0722. The lowest BCUT2D eigenvalue weighted by molar-refractivity contribution is -0.00659. The van der Waals surface area contributed by atoms with E-state index in [1.54, 1.807) is 4.90 Å². The Labute approximate surface area is 123 Å². The predicted molar refractivity (Wildman–Crippen MR) is 83.3 cm³/mol. The highest BCUT2D eigenvalue weighted by atomic mass is 16.5. The summed E-state index contributed by atoms with van der Waals surface area (Å²) in [6.07, 6.45) is -0.0722. The first-order valence-corrected chi connectivity index (χ1v) is 7.13. The van der Waals surface area contributed by atoms with Crippen LogP contribution in [0.1, 0.15) is 0 Å². The number of hydrogen-bond donors (Lipinski definition) is 2. The summed E-state index contributed by atoms with van der Waals surface area (Å²) in [7, 11) is 0. The number of rotatable bonds is 2. The maximum Gasteiger partial charge on any atom is 0.322 e. The number of urea groups is 1. The Bertz CT molecular complexity index is 639. The minimum Gasteiger partial charge on any atom is -0.373 e. The molecule has 1 heterocycles. The quantitative estimate of drug-likeness (QED) is 0.887. The second kappa shape index (κ2) is 6.11. The first-order valence-electron chi connectivity index (χ1n) is 7.13. The van der Waals surface area contributed by atoms with E-state index in [9.17, 15) is 4.79 Å². The zero-order valence-corrected chi connectivity index (χ0v) is 11.8. The van der Waals surface area contributed by atoms with Gasteiger partial charge in [-0.15, -0.1) is 0 Å². The van der Waals surface area contributed by atoms with E-state index in [-0.39, 0.29) is 12.1 Å². The highest BCUT2D eigenvalue weighted by molar-refractivity contribution is 6.01. The molecule has 0 radical (unpaired) electrons. The van der Waals surface area contributed by atoms with Gasteiger partial charge in [0.1, 0.15) is 0 Å². The van der Waals surface area contributed by atoms with E-state index in [0.717, 1.165) is 16.5 Å². The molecule has 1 aliphatic rings. The molecule has 1 unspecified atom stereocenters. The summed E-state index contributed by atoms with van der Waals surface area (Å²) in [6, 6.07) is 13.8. The van der Waals surface area contributed by atoms with Gasteiger partial charge in [-0.3, -0.25) is 0 Å². The monoisotopic (exact) mass is 285 g/mol. The second-order valence-electron chi connectivity index (χ2n) is 5.13. The molecule has 5 nitrogen and oxygen atoms in total. The van der Waals surface area contributed by atoms with E-state index in [4.69, 9.17) is 10.5 Å². The summed E-state index contributed by atoms with van der Waals surface area (Å²) in [6.45, 7) is 2.09. The van der Waals surface area contributed by atoms with E-state index < -0.39 is 0 Å². The van der Waals surface area contributed by atoms with Crippen LogP contribution < -0.4 is 11.1 Å². The van der Waals surface area contributed by atoms with E-state index >= 15 is 0 Å². The van der Waals surface area contributed by atoms with Crippen molar-refractivity contribution in [3.63, 3.8) is 0 Å². The van der Waals surface area contributed by atoms with Gasteiger partial charge in [-0.1, -0.05) is 36.4 Å². The van der Waals surface area contributed by atoms with Crippen molar-refractivity contribution in [3.8, 4) is 0 Å². The molecule has 2 amide bonds. The number of nitrogens with zero attached hydrogens (tertiary/aromatic N) is 1. The third-order valence-electron chi connectivity index (χ3n) is 3.72. The summed E-state index contributed by atoms with van der Waals surface area (Å²) in [4.78, 5) is 14.1. The number of ether oxygens (including phenoxy) is 1. The van der Waals surface area contributed by atoms with Gasteiger partial charge >= 0.3 is 6.03 Å². The third-order valence-corrected chi connectivity index (χ3v) is 3.72. The lowest BCUT2D eigenvalue weighted by atomic mass is 10.1. The molecule has 0 bridgehead atoms. The minimum atomic E-state index is -0.104. The van der Waals surface area contributed by atoms with E-state index in [1.165, 1.54) is 0 Å². The number of benzene rings is 2. The summed E-state index contributed by atoms with van der Waals surface area (Å²) in [5.41, 5.74) is 6.44. The van der Waals surface area contributed by atoms with Gasteiger partial charge < -0.3 is 20.7 Å². The normalized spacial score (nSPS) is 18.7. The molecule has 1 fully saturated rings. The van der Waals surface area contributed by atoms with E-state index in [1.807, 2.05) is 42.5 Å². The van der Waals surface area contributed by atoms with Crippen LogP contribution in [0.2, 0.25) is 0 Å². The second-order valence-corrected chi connectivity index (χ2v) is 5.13. The molecule has 3 rings (SSSR count). The fraction of sp³-hybridized carbons (Fsp3) is 0.312. The van der Waals surface area contributed by atoms with Crippen LogP contribution in [0.3, 0.4) is 0 Å². The number of morpholine rings is 1. The van der Waals surface area contributed by atoms with Gasteiger partial charge in [0.05, 0.1) is 18.4 Å². The van der Waals surface area contributed by atoms with Gasteiger partial charge in [0.2, 0.25) is 0 Å². The summed E-state index contributed by atoms with van der Waals surface area (Å²) < 4.78 is 5.48. The highest BCUT2D eigenvalue weighted by Gasteiger charge is 2.23. The summed E-state index contributed by atoms with van der Waals surface area (Å²) in [5, 5.41) is 5.14. The Hall–Kier alpha value is -2.11. The smallest absolute Gasteiger partial charge is 0.322 e. The lowest BCUT2D eigenvalue weighted by Gasteiger charge is -2.32. The molecule has 2 aromatic rings. The van der Waals surface area contributed by atoms with Crippen molar-refractivity contribution in [2.45, 2.75) is 6.10 Å². The largest absolute Gasteiger partial charge is 0.373 e. The van der Waals surface area contributed by atoms with Crippen LogP contribution in [0, 0.1) is 0 Å². The number of fused-ring (bicyclic) bond motifs is 1. The maximum atomic E-state index is 12.4. The average molecular weight is 285 g/mol. The maximum absolute atomic E-state index is 12.4. The van der Waals surface area contributed by atoms with Crippen LogP contribution >= 0.6 is 0 Å². The first kappa shape index (κ1) is 13.9. The molecule has 0 aromatic heterocycles. The first-order chi connectivity index (χ1) is 10.3. The van der Waals surface area contributed by atoms with Crippen molar-refractivity contribution in [2.75, 3.05) is 31.6 Å². The molecule has 1 atom stereocenters. The molecule has 0 aliphatic carbocycles. The zero-order chi connectivity index (χ0) is 14.7. The summed E-state index contributed by atoms with van der Waals surface area (Å²) >= 11 is 0. The van der Waals surface area contributed by atoms with E-state index in [2.05, 4.69) is 5.32 Å². The van der Waals surface area contributed by atoms with Gasteiger partial charge in [-0.05, 0) is 11.5 Å². The Kier molecular flexibility index (Phi) is 4.03. The molecule has 0 saturated carbocycles. The Morgan fingerprint density at radius 1 is 1.29 bits per heavy atom. The van der Waals surface area contributed by atoms with Gasteiger partial charge in [-0.25, -0.2) is 4.79 Å². The average Bonchev–Trinajstić information content (AvgIpc) is 2.55. The van der Waals surface area contributed by atoms with Crippen LogP contribution in [0.5, 0.6) is 0 Å². The molecule has 0 spiro atoms. The van der Waals surface area contributed by atoms with Gasteiger partial charge in [0.15, 0.2) is 0 Å². The number of carbonyl (C=O) groups is 1. The Balaban J connectivity index is 1.77. The van der Waals surface area contributed by atoms with Crippen LogP contribution in [0.15, 0.2) is 42.5 Å². The predicted octanol–water partition coefficient (Wildman–Crippen LogP) is 2.03. The number of amides is 2. The van der Waals surface area contributed by atoms with Gasteiger partial charge in [-0.2, -0.15) is 0 Å². The summed E-state index contributed by atoms with van der Waals surface area (Å²) in [5.74, 6) is 0. The Morgan fingerprint density at radius 3 is 2.95 bits per heavy atom. The van der Waals surface area contributed by atoms with Crippen LogP contribution in [-0.2, 0) is 4.74 Å². The van der Waals surface area contributed by atoms with Crippen LogP contribution in [0.4, 0.5) is 10.5 Å². The molecule has 1 aliphatic heterocycles. The molecule has 3 N–H and O–H groups in total. The van der Waals surface area contributed by atoms with Crippen molar-refractivity contribution in [1.29, 1.82) is 0 Å². The molecule has 110 valence electrons. The molecule has 1 saturated heterocycles. The SMILES string of the molecule is NCC1CN(C(=O)Nc2cccc3ccccc23)CCO1. The van der Waals surface area contributed by atoms with Gasteiger partial charge in [0.25, 0.3) is 0 Å². The molecule has 5 heteroatoms. The standard InChI is InChI=1S/C16H19N3O2/c17-10-13-11-19(8-9-21-13)16(20)18-15-7-3-5-12-4-1-2-6-14(12)15/h1-7,13H,8-11,17H2,(H,18,20). The lowest BCUT2D eigenvalue weighted by Crippen LogP contribution is -2.49. The van der Waals surface area contributed by atoms with Crippen molar-refractivity contribution in [2.24, 2.45) is 5.73 Å². The molecular weight excluding hydrogens is 266 g/mol. The van der Waals surface area contributed by atoms with E-state index in [0.29, 0.717) is 26.2 Å². The van der Waals surface area contributed by atoms with Crippen LogP contribution in [-0.4, -0.2) is 43.3 Å². The number of nitrogens with two attached hydrogens (primary N) is 1. The highest BCUT2D eigenvalue weighted by Crippen LogP contribution is 2.23. The van der Waals surface area contributed by atoms with Crippen molar-refractivity contribution < 1.29 is 9.53 Å². The number of nitrogens with one attached hydrogen (secondary N) is 1. The van der Waals surface area contributed by atoms with Crippen LogP contribution in [0.25, 0.3) is 10.8 Å². The topological polar surface area (TPSA) is 67.6 Å². The zero-order valence-electron chi connectivity index (χ0n) is 11.8. The van der Waals surface area contributed by atoms with Crippen molar-refractivity contribution in [3.05, 3.63) is 42.5 Å². The molecule has 2 aromatic carbocycles. The van der Waals surface area contributed by atoms with Gasteiger partial charge in [0, 0.05) is 25.0 Å².